The summed E-state index contributed by atoms with van der Waals surface area (Å²) in [7, 11) is 0. The largest absolute Gasteiger partial charge is 0.396 e. The van der Waals surface area contributed by atoms with Gasteiger partial charge in [0, 0.05) is 23.9 Å². The molecule has 4 aromatic rings. The Kier molecular flexibility index (Phi) is 3.63. The van der Waals surface area contributed by atoms with Gasteiger partial charge in [-0.05, 0) is 41.0 Å². The average Bonchev–Trinajstić information content (AvgIpc) is 3.28. The average molecular weight is 348 g/mol. The number of pyridine rings is 2. The topological polar surface area (TPSA) is 115 Å². The minimum absolute atomic E-state index is 0.415. The second-order valence-corrected chi connectivity index (χ2v) is 6.61. The summed E-state index contributed by atoms with van der Waals surface area (Å²) in [5, 5.41) is 16.5. The third kappa shape index (κ3) is 2.70. The maximum atomic E-state index is 8.92. The van der Waals surface area contributed by atoms with E-state index in [0.29, 0.717) is 28.1 Å². The summed E-state index contributed by atoms with van der Waals surface area (Å²) in [5.41, 5.74) is 11.2. The molecule has 0 aliphatic heterocycles. The minimum atomic E-state index is 0.415. The zero-order valence-corrected chi connectivity index (χ0v) is 14.0. The summed E-state index contributed by atoms with van der Waals surface area (Å²) in [4.78, 5) is 10.5. The fourth-order valence-electron chi connectivity index (χ4n) is 2.63. The molecule has 2 N–H and O–H groups in total. The van der Waals surface area contributed by atoms with Crippen molar-refractivity contribution in [1.29, 1.82) is 5.26 Å². The Labute approximate surface area is 146 Å². The van der Waals surface area contributed by atoms with Gasteiger partial charge in [0.2, 0.25) is 5.65 Å². The SMILES string of the molecule is Cc1nc2nonc2c(N)c1Cc1ccc(-c2ccc(C#N)s2)nc1. The second kappa shape index (κ2) is 5.96. The van der Waals surface area contributed by atoms with Gasteiger partial charge in [-0.25, -0.2) is 9.61 Å². The molecule has 0 radical (unpaired) electrons. The van der Waals surface area contributed by atoms with Crippen molar-refractivity contribution in [2.45, 2.75) is 13.3 Å². The van der Waals surface area contributed by atoms with Crippen molar-refractivity contribution in [2.75, 3.05) is 5.73 Å². The minimum Gasteiger partial charge on any atom is -0.396 e. The number of thiophene rings is 1. The Hall–Kier alpha value is -3.31. The van der Waals surface area contributed by atoms with Crippen LogP contribution in [0, 0.1) is 18.3 Å². The van der Waals surface area contributed by atoms with Crippen LogP contribution in [-0.4, -0.2) is 20.3 Å². The Morgan fingerprint density at radius 1 is 1.24 bits per heavy atom. The molecule has 0 saturated carbocycles. The molecule has 4 aromatic heterocycles. The molecule has 0 aromatic carbocycles. The van der Waals surface area contributed by atoms with E-state index in [0.717, 1.165) is 27.4 Å². The number of nitriles is 1. The second-order valence-electron chi connectivity index (χ2n) is 5.53. The molecule has 0 amide bonds. The third-order valence-corrected chi connectivity index (χ3v) is 4.95. The maximum Gasteiger partial charge on any atom is 0.226 e. The number of rotatable bonds is 3. The van der Waals surface area contributed by atoms with E-state index in [2.05, 4.69) is 26.4 Å². The van der Waals surface area contributed by atoms with Crippen LogP contribution in [0.5, 0.6) is 0 Å². The standard InChI is InChI=1S/C17H12N6OS/c1-9-12(15(19)16-17(21-9)23-24-22-16)6-10-2-4-13(20-8-10)14-5-3-11(7-18)25-14/h2-5,8H,6,19H2,1H3. The fraction of sp³-hybridized carbons (Fsp3) is 0.118. The van der Waals surface area contributed by atoms with E-state index >= 15 is 0 Å². The first kappa shape index (κ1) is 15.2. The van der Waals surface area contributed by atoms with Crippen LogP contribution in [0.2, 0.25) is 0 Å². The predicted molar refractivity (Wildman–Crippen MR) is 93.8 cm³/mol. The van der Waals surface area contributed by atoms with Gasteiger partial charge in [-0.15, -0.1) is 11.3 Å². The van der Waals surface area contributed by atoms with Gasteiger partial charge in [-0.2, -0.15) is 5.26 Å². The van der Waals surface area contributed by atoms with E-state index in [1.165, 1.54) is 11.3 Å². The zero-order chi connectivity index (χ0) is 17.4. The van der Waals surface area contributed by atoms with Crippen LogP contribution in [0.25, 0.3) is 21.7 Å². The number of aryl methyl sites for hydroxylation is 1. The van der Waals surface area contributed by atoms with Gasteiger partial charge in [0.05, 0.1) is 16.3 Å². The number of hydrogen-bond donors (Lipinski definition) is 1. The Balaban J connectivity index is 1.64. The summed E-state index contributed by atoms with van der Waals surface area (Å²) in [6.45, 7) is 1.89. The van der Waals surface area contributed by atoms with Gasteiger partial charge in [-0.3, -0.25) is 4.98 Å². The number of nitrogens with zero attached hydrogens (tertiary/aromatic N) is 5. The monoisotopic (exact) mass is 348 g/mol. The highest BCUT2D eigenvalue weighted by Crippen LogP contribution is 2.28. The molecule has 0 aliphatic rings. The van der Waals surface area contributed by atoms with Gasteiger partial charge in [0.1, 0.15) is 10.9 Å². The van der Waals surface area contributed by atoms with Crippen molar-refractivity contribution in [1.82, 2.24) is 20.3 Å². The molecule has 0 bridgehead atoms. The van der Waals surface area contributed by atoms with Crippen LogP contribution in [-0.2, 0) is 6.42 Å². The highest BCUT2D eigenvalue weighted by Gasteiger charge is 2.15. The van der Waals surface area contributed by atoms with Crippen molar-refractivity contribution < 1.29 is 4.63 Å². The first-order chi connectivity index (χ1) is 12.2. The molecule has 0 atom stereocenters. The van der Waals surface area contributed by atoms with Crippen LogP contribution in [0.1, 0.15) is 21.7 Å². The van der Waals surface area contributed by atoms with Gasteiger partial charge >= 0.3 is 0 Å². The van der Waals surface area contributed by atoms with E-state index in [4.69, 9.17) is 15.6 Å². The summed E-state index contributed by atoms with van der Waals surface area (Å²) in [6, 6.07) is 9.78. The van der Waals surface area contributed by atoms with Gasteiger partial charge in [0.25, 0.3) is 0 Å². The number of anilines is 1. The van der Waals surface area contributed by atoms with Crippen LogP contribution in [0.15, 0.2) is 35.1 Å². The van der Waals surface area contributed by atoms with Crippen LogP contribution in [0.4, 0.5) is 5.69 Å². The lowest BCUT2D eigenvalue weighted by atomic mass is 10.0. The Morgan fingerprint density at radius 3 is 2.84 bits per heavy atom. The van der Waals surface area contributed by atoms with E-state index in [9.17, 15) is 0 Å². The van der Waals surface area contributed by atoms with Gasteiger partial charge in [-0.1, -0.05) is 6.07 Å². The fourth-order valence-corrected chi connectivity index (χ4v) is 3.41. The normalized spacial score (nSPS) is 10.9. The predicted octanol–water partition coefficient (Wildman–Crippen LogP) is 3.09. The number of nitrogens with two attached hydrogens (primary N) is 1. The number of hydrogen-bond acceptors (Lipinski definition) is 8. The maximum absolute atomic E-state index is 8.92. The van der Waals surface area contributed by atoms with E-state index in [-0.39, 0.29) is 0 Å². The van der Waals surface area contributed by atoms with Gasteiger partial charge in [0.15, 0.2) is 5.52 Å². The molecular formula is C17H12N6OS. The molecule has 4 rings (SSSR count). The highest BCUT2D eigenvalue weighted by atomic mass is 32.1. The molecule has 0 saturated heterocycles. The smallest absolute Gasteiger partial charge is 0.226 e. The van der Waals surface area contributed by atoms with E-state index in [1.807, 2.05) is 31.3 Å². The van der Waals surface area contributed by atoms with Crippen molar-refractivity contribution in [3.63, 3.8) is 0 Å². The first-order valence-electron chi connectivity index (χ1n) is 7.48. The lowest BCUT2D eigenvalue weighted by Gasteiger charge is -2.09. The molecule has 7 nitrogen and oxygen atoms in total. The highest BCUT2D eigenvalue weighted by molar-refractivity contribution is 7.15. The Morgan fingerprint density at radius 2 is 2.12 bits per heavy atom. The molecule has 0 spiro atoms. The summed E-state index contributed by atoms with van der Waals surface area (Å²) >= 11 is 1.42. The number of nitrogen functional groups attached to an aromatic ring is 1. The molecule has 0 unspecified atom stereocenters. The molecule has 8 heteroatoms. The first-order valence-corrected chi connectivity index (χ1v) is 8.30. The summed E-state index contributed by atoms with van der Waals surface area (Å²) in [5.74, 6) is 0. The molecule has 25 heavy (non-hydrogen) atoms. The summed E-state index contributed by atoms with van der Waals surface area (Å²) in [6.07, 6.45) is 2.40. The molecule has 0 fully saturated rings. The Bertz CT molecular complexity index is 1110. The quantitative estimate of drug-likeness (QED) is 0.605. The van der Waals surface area contributed by atoms with Crippen LogP contribution >= 0.6 is 11.3 Å². The number of aromatic nitrogens is 4. The van der Waals surface area contributed by atoms with Crippen molar-refractivity contribution in [2.24, 2.45) is 0 Å². The summed E-state index contributed by atoms with van der Waals surface area (Å²) < 4.78 is 4.71. The third-order valence-electron chi connectivity index (χ3n) is 3.94. The van der Waals surface area contributed by atoms with Crippen molar-refractivity contribution in [3.05, 3.63) is 52.2 Å². The number of fused-ring (bicyclic) bond motifs is 1. The van der Waals surface area contributed by atoms with Crippen LogP contribution in [0.3, 0.4) is 0 Å². The lowest BCUT2D eigenvalue weighted by Crippen LogP contribution is -2.03. The molecular weight excluding hydrogens is 336 g/mol. The van der Waals surface area contributed by atoms with Gasteiger partial charge < -0.3 is 5.73 Å². The van der Waals surface area contributed by atoms with Crippen molar-refractivity contribution in [3.8, 4) is 16.6 Å². The van der Waals surface area contributed by atoms with Crippen molar-refractivity contribution >= 4 is 28.2 Å². The van der Waals surface area contributed by atoms with Crippen LogP contribution < -0.4 is 5.73 Å². The molecule has 4 heterocycles. The van der Waals surface area contributed by atoms with E-state index < -0.39 is 0 Å². The molecule has 122 valence electrons. The van der Waals surface area contributed by atoms with E-state index in [1.54, 1.807) is 6.07 Å². The lowest BCUT2D eigenvalue weighted by molar-refractivity contribution is 0.315. The zero-order valence-electron chi connectivity index (χ0n) is 13.2. The molecule has 0 aliphatic carbocycles.